The van der Waals surface area contributed by atoms with Gasteiger partial charge in [-0.05, 0) is 13.3 Å². The molecule has 0 fully saturated rings. The summed E-state index contributed by atoms with van der Waals surface area (Å²) < 4.78 is 0. The van der Waals surface area contributed by atoms with E-state index >= 15 is 0 Å². The van der Waals surface area contributed by atoms with Crippen LogP contribution in [0.25, 0.3) is 11.4 Å². The molecule has 0 atom stereocenters. The summed E-state index contributed by atoms with van der Waals surface area (Å²) in [5, 5.41) is 14.0. The monoisotopic (exact) mass is 272 g/mol. The minimum Gasteiger partial charge on any atom is -0.370 e. The molecule has 0 aliphatic rings. The molecule has 2 aromatic rings. The second kappa shape index (κ2) is 6.10. The van der Waals surface area contributed by atoms with Crippen molar-refractivity contribution in [1.82, 2.24) is 9.97 Å². The lowest BCUT2D eigenvalue weighted by Crippen LogP contribution is -2.03. The van der Waals surface area contributed by atoms with Gasteiger partial charge in [-0.2, -0.15) is 0 Å². The molecule has 0 unspecified atom stereocenters. The van der Waals surface area contributed by atoms with Crippen LogP contribution in [0.3, 0.4) is 0 Å². The zero-order chi connectivity index (χ0) is 14.5. The average molecular weight is 272 g/mol. The Morgan fingerprint density at radius 2 is 2.05 bits per heavy atom. The number of aryl methyl sites for hydroxylation is 1. The van der Waals surface area contributed by atoms with Crippen LogP contribution in [0.1, 0.15) is 19.5 Å². The number of aromatic nitrogens is 2. The van der Waals surface area contributed by atoms with E-state index in [1.807, 2.05) is 19.9 Å². The van der Waals surface area contributed by atoms with Gasteiger partial charge in [-0.15, -0.1) is 0 Å². The Bertz CT molecular complexity index is 628. The number of nitrogens with one attached hydrogen (secondary N) is 1. The Labute approximate surface area is 117 Å². The summed E-state index contributed by atoms with van der Waals surface area (Å²) >= 11 is 0. The zero-order valence-corrected chi connectivity index (χ0v) is 11.5. The molecule has 6 heteroatoms. The molecular weight excluding hydrogens is 256 g/mol. The Kier molecular flexibility index (Phi) is 4.24. The predicted molar refractivity (Wildman–Crippen MR) is 77.7 cm³/mol. The smallest absolute Gasteiger partial charge is 0.270 e. The molecule has 0 amide bonds. The number of hydrogen-bond donors (Lipinski definition) is 1. The number of non-ortho nitro benzene ring substituents is 1. The highest BCUT2D eigenvalue weighted by Gasteiger charge is 2.10. The van der Waals surface area contributed by atoms with Crippen molar-refractivity contribution in [3.63, 3.8) is 0 Å². The maximum absolute atomic E-state index is 10.8. The largest absolute Gasteiger partial charge is 0.370 e. The molecule has 0 saturated carbocycles. The van der Waals surface area contributed by atoms with E-state index in [1.54, 1.807) is 12.1 Å². The van der Waals surface area contributed by atoms with Crippen molar-refractivity contribution < 1.29 is 4.92 Å². The van der Waals surface area contributed by atoms with E-state index in [9.17, 15) is 10.1 Å². The van der Waals surface area contributed by atoms with Gasteiger partial charge in [-0.1, -0.05) is 19.1 Å². The highest BCUT2D eigenvalue weighted by atomic mass is 16.6. The topological polar surface area (TPSA) is 81.0 Å². The van der Waals surface area contributed by atoms with Crippen LogP contribution in [0.4, 0.5) is 11.5 Å². The molecule has 2 rings (SSSR count). The second-order valence-corrected chi connectivity index (χ2v) is 4.26. The fraction of sp³-hybridized carbons (Fsp3) is 0.286. The maximum Gasteiger partial charge on any atom is 0.270 e. The van der Waals surface area contributed by atoms with Gasteiger partial charge in [0, 0.05) is 36.0 Å². The minimum absolute atomic E-state index is 0.0398. The highest BCUT2D eigenvalue weighted by Crippen LogP contribution is 2.22. The fourth-order valence-electron chi connectivity index (χ4n) is 1.84. The summed E-state index contributed by atoms with van der Waals surface area (Å²) in [6.45, 7) is 4.75. The van der Waals surface area contributed by atoms with Gasteiger partial charge < -0.3 is 5.32 Å². The van der Waals surface area contributed by atoms with E-state index in [-0.39, 0.29) is 5.69 Å². The van der Waals surface area contributed by atoms with Gasteiger partial charge in [0.2, 0.25) is 0 Å². The molecule has 1 N–H and O–H groups in total. The Morgan fingerprint density at radius 3 is 2.70 bits per heavy atom. The van der Waals surface area contributed by atoms with Crippen LogP contribution in [-0.2, 0) is 6.42 Å². The third kappa shape index (κ3) is 3.09. The van der Waals surface area contributed by atoms with Crippen molar-refractivity contribution in [2.24, 2.45) is 0 Å². The lowest BCUT2D eigenvalue weighted by Gasteiger charge is -2.08. The Morgan fingerprint density at radius 1 is 1.25 bits per heavy atom. The van der Waals surface area contributed by atoms with E-state index < -0.39 is 4.92 Å². The molecule has 1 aromatic carbocycles. The van der Waals surface area contributed by atoms with Crippen LogP contribution in [0.2, 0.25) is 0 Å². The van der Waals surface area contributed by atoms with Gasteiger partial charge in [-0.25, -0.2) is 9.97 Å². The van der Waals surface area contributed by atoms with E-state index in [0.29, 0.717) is 11.4 Å². The number of hydrogen-bond acceptors (Lipinski definition) is 5. The minimum atomic E-state index is -0.418. The summed E-state index contributed by atoms with van der Waals surface area (Å²) in [5.74, 6) is 1.24. The van der Waals surface area contributed by atoms with Crippen LogP contribution in [0, 0.1) is 10.1 Å². The third-order valence-corrected chi connectivity index (χ3v) is 2.81. The van der Waals surface area contributed by atoms with Crippen molar-refractivity contribution in [2.75, 3.05) is 11.9 Å². The lowest BCUT2D eigenvalue weighted by atomic mass is 10.2. The molecule has 0 aliphatic heterocycles. The SMILES string of the molecule is CCNc1cc(CC)nc(-c2cccc([N+](=O)[O-])c2)n1. The van der Waals surface area contributed by atoms with E-state index in [2.05, 4.69) is 15.3 Å². The molecule has 6 nitrogen and oxygen atoms in total. The number of anilines is 1. The molecule has 0 radical (unpaired) electrons. The maximum atomic E-state index is 10.8. The first-order valence-electron chi connectivity index (χ1n) is 6.50. The molecule has 0 bridgehead atoms. The van der Waals surface area contributed by atoms with Crippen molar-refractivity contribution in [3.05, 3.63) is 46.1 Å². The summed E-state index contributed by atoms with van der Waals surface area (Å²) in [6, 6.07) is 8.26. The first-order chi connectivity index (χ1) is 9.63. The van der Waals surface area contributed by atoms with Crippen LogP contribution in [0.15, 0.2) is 30.3 Å². The molecule has 1 heterocycles. The number of benzene rings is 1. The van der Waals surface area contributed by atoms with Gasteiger partial charge in [0.25, 0.3) is 5.69 Å². The van der Waals surface area contributed by atoms with Crippen molar-refractivity contribution in [1.29, 1.82) is 0 Å². The van der Waals surface area contributed by atoms with Gasteiger partial charge in [0.15, 0.2) is 5.82 Å². The molecule has 104 valence electrons. The number of nitro benzene ring substituents is 1. The molecule has 1 aromatic heterocycles. The Balaban J connectivity index is 2.48. The van der Waals surface area contributed by atoms with Gasteiger partial charge in [0.05, 0.1) is 4.92 Å². The van der Waals surface area contributed by atoms with E-state index in [0.717, 1.165) is 24.5 Å². The third-order valence-electron chi connectivity index (χ3n) is 2.81. The standard InChI is InChI=1S/C14H16N4O2/c1-3-11-9-13(15-4-2)17-14(16-11)10-6-5-7-12(8-10)18(19)20/h5-9H,3-4H2,1-2H3,(H,15,16,17). The first-order valence-corrected chi connectivity index (χ1v) is 6.50. The van der Waals surface area contributed by atoms with Crippen LogP contribution < -0.4 is 5.32 Å². The average Bonchev–Trinajstić information content (AvgIpc) is 2.47. The number of nitro groups is 1. The summed E-state index contributed by atoms with van der Waals surface area (Å²) in [6.07, 6.45) is 0.781. The highest BCUT2D eigenvalue weighted by molar-refractivity contribution is 5.61. The predicted octanol–water partition coefficient (Wildman–Crippen LogP) is 3.05. The number of rotatable bonds is 5. The summed E-state index contributed by atoms with van der Waals surface area (Å²) in [5.41, 5.74) is 1.59. The van der Waals surface area contributed by atoms with E-state index in [4.69, 9.17) is 0 Å². The van der Waals surface area contributed by atoms with Gasteiger partial charge in [0.1, 0.15) is 5.82 Å². The van der Waals surface area contributed by atoms with Crippen molar-refractivity contribution in [2.45, 2.75) is 20.3 Å². The molecule has 0 aliphatic carbocycles. The second-order valence-electron chi connectivity index (χ2n) is 4.26. The van der Waals surface area contributed by atoms with Crippen LogP contribution >= 0.6 is 0 Å². The zero-order valence-electron chi connectivity index (χ0n) is 11.5. The first kappa shape index (κ1) is 13.9. The summed E-state index contributed by atoms with van der Waals surface area (Å²) in [7, 11) is 0. The summed E-state index contributed by atoms with van der Waals surface area (Å²) in [4.78, 5) is 19.2. The fourth-order valence-corrected chi connectivity index (χ4v) is 1.84. The van der Waals surface area contributed by atoms with Crippen molar-refractivity contribution in [3.8, 4) is 11.4 Å². The molecule has 20 heavy (non-hydrogen) atoms. The Hall–Kier alpha value is -2.50. The van der Waals surface area contributed by atoms with E-state index in [1.165, 1.54) is 12.1 Å². The van der Waals surface area contributed by atoms with Crippen molar-refractivity contribution >= 4 is 11.5 Å². The molecule has 0 spiro atoms. The normalized spacial score (nSPS) is 10.3. The molecule has 0 saturated heterocycles. The van der Waals surface area contributed by atoms with Gasteiger partial charge in [-0.3, -0.25) is 10.1 Å². The quantitative estimate of drug-likeness (QED) is 0.668. The van der Waals surface area contributed by atoms with Gasteiger partial charge >= 0.3 is 0 Å². The lowest BCUT2D eigenvalue weighted by molar-refractivity contribution is -0.384. The number of nitrogens with zero attached hydrogens (tertiary/aromatic N) is 3. The van der Waals surface area contributed by atoms with Crippen LogP contribution in [0.5, 0.6) is 0 Å². The van der Waals surface area contributed by atoms with Crippen LogP contribution in [-0.4, -0.2) is 21.4 Å². The molecular formula is C14H16N4O2.